The first kappa shape index (κ1) is 15.6. The Morgan fingerprint density at radius 2 is 2.05 bits per heavy atom. The van der Waals surface area contributed by atoms with Crippen LogP contribution in [0.4, 0.5) is 5.69 Å². The van der Waals surface area contributed by atoms with E-state index in [0.717, 1.165) is 19.3 Å². The Morgan fingerprint density at radius 1 is 1.30 bits per heavy atom. The monoisotopic (exact) mass is 315 g/mol. The molecule has 0 spiro atoms. The largest absolute Gasteiger partial charge is 0.323 e. The van der Waals surface area contributed by atoms with Gasteiger partial charge in [-0.15, -0.1) is 0 Å². The first-order valence-corrected chi connectivity index (χ1v) is 9.44. The van der Waals surface area contributed by atoms with E-state index in [4.69, 9.17) is 5.84 Å². The molecule has 0 aromatic heterocycles. The van der Waals surface area contributed by atoms with Gasteiger partial charge in [-0.3, -0.25) is 5.84 Å². The molecule has 1 aromatic rings. The first-order valence-electron chi connectivity index (χ1n) is 6.67. The molecule has 1 aromatic carbocycles. The number of hydrogen-bond donors (Lipinski definition) is 3. The molecule has 20 heavy (non-hydrogen) atoms. The molecule has 0 amide bonds. The maximum atomic E-state index is 12.5. The Hall–Kier alpha value is -0.760. The first-order chi connectivity index (χ1) is 9.56. The van der Waals surface area contributed by atoms with Crippen LogP contribution in [0.25, 0.3) is 0 Å². The number of nitrogen functional groups attached to an aromatic ring is 1. The van der Waals surface area contributed by atoms with Crippen molar-refractivity contribution in [2.24, 2.45) is 5.84 Å². The molecule has 4 N–H and O–H groups in total. The molecule has 2 unspecified atom stereocenters. The Morgan fingerprint density at radius 3 is 2.75 bits per heavy atom. The molecule has 0 bridgehead atoms. The third kappa shape index (κ3) is 3.66. The van der Waals surface area contributed by atoms with Gasteiger partial charge >= 0.3 is 0 Å². The average Bonchev–Trinajstić information content (AvgIpc) is 2.47. The topological polar surface area (TPSA) is 84.2 Å². The van der Waals surface area contributed by atoms with Gasteiger partial charge in [0.2, 0.25) is 10.0 Å². The summed E-state index contributed by atoms with van der Waals surface area (Å²) in [7, 11) is -3.54. The maximum Gasteiger partial charge on any atom is 0.242 e. The van der Waals surface area contributed by atoms with Crippen molar-refractivity contribution in [3.05, 3.63) is 24.3 Å². The van der Waals surface area contributed by atoms with Crippen LogP contribution in [-0.4, -0.2) is 26.0 Å². The van der Waals surface area contributed by atoms with Gasteiger partial charge in [-0.25, -0.2) is 13.1 Å². The second-order valence-electron chi connectivity index (χ2n) is 4.98. The molecule has 5 nitrogen and oxygen atoms in total. The van der Waals surface area contributed by atoms with Gasteiger partial charge in [0.1, 0.15) is 4.90 Å². The minimum atomic E-state index is -3.54. The quantitative estimate of drug-likeness (QED) is 0.571. The van der Waals surface area contributed by atoms with Crippen molar-refractivity contribution in [2.75, 3.05) is 11.7 Å². The predicted molar refractivity (Wildman–Crippen MR) is 84.1 cm³/mol. The van der Waals surface area contributed by atoms with Gasteiger partial charge < -0.3 is 5.43 Å². The fourth-order valence-corrected chi connectivity index (χ4v) is 4.85. The SMILES string of the molecule is CSC1CCCC(NS(=O)(=O)c2ccccc2NN)C1. The van der Waals surface area contributed by atoms with E-state index in [2.05, 4.69) is 16.4 Å². The van der Waals surface area contributed by atoms with E-state index in [1.54, 1.807) is 24.3 Å². The van der Waals surface area contributed by atoms with Crippen molar-refractivity contribution in [3.8, 4) is 0 Å². The summed E-state index contributed by atoms with van der Waals surface area (Å²) in [6.07, 6.45) is 6.10. The van der Waals surface area contributed by atoms with Crippen LogP contribution < -0.4 is 16.0 Å². The second kappa shape index (κ2) is 6.80. The molecule has 112 valence electrons. The van der Waals surface area contributed by atoms with Gasteiger partial charge in [-0.1, -0.05) is 18.6 Å². The lowest BCUT2D eigenvalue weighted by Gasteiger charge is -2.28. The van der Waals surface area contributed by atoms with Gasteiger partial charge in [0.05, 0.1) is 5.69 Å². The van der Waals surface area contributed by atoms with Crippen LogP contribution in [0.3, 0.4) is 0 Å². The third-order valence-corrected chi connectivity index (χ3v) is 6.29. The van der Waals surface area contributed by atoms with Crippen LogP contribution in [0.5, 0.6) is 0 Å². The summed E-state index contributed by atoms with van der Waals surface area (Å²) in [5.41, 5.74) is 2.85. The summed E-state index contributed by atoms with van der Waals surface area (Å²) in [5.74, 6) is 5.38. The number of anilines is 1. The van der Waals surface area contributed by atoms with Crippen LogP contribution in [0.1, 0.15) is 25.7 Å². The van der Waals surface area contributed by atoms with Crippen LogP contribution >= 0.6 is 11.8 Å². The lowest BCUT2D eigenvalue weighted by Crippen LogP contribution is -2.39. The van der Waals surface area contributed by atoms with E-state index in [0.29, 0.717) is 10.9 Å². The molecule has 2 atom stereocenters. The Kier molecular flexibility index (Phi) is 5.31. The van der Waals surface area contributed by atoms with Gasteiger partial charge in [0.25, 0.3) is 0 Å². The van der Waals surface area contributed by atoms with Crippen molar-refractivity contribution < 1.29 is 8.42 Å². The normalized spacial score (nSPS) is 23.5. The highest BCUT2D eigenvalue weighted by atomic mass is 32.2. The fraction of sp³-hybridized carbons (Fsp3) is 0.538. The highest BCUT2D eigenvalue weighted by Crippen LogP contribution is 2.28. The zero-order chi connectivity index (χ0) is 14.6. The maximum absolute atomic E-state index is 12.5. The number of nitrogens with two attached hydrogens (primary N) is 1. The highest BCUT2D eigenvalue weighted by molar-refractivity contribution is 7.99. The number of sulfonamides is 1. The van der Waals surface area contributed by atoms with E-state index in [1.807, 2.05) is 11.8 Å². The van der Waals surface area contributed by atoms with E-state index >= 15 is 0 Å². The van der Waals surface area contributed by atoms with Crippen LogP contribution in [0.2, 0.25) is 0 Å². The van der Waals surface area contributed by atoms with Gasteiger partial charge in [0, 0.05) is 11.3 Å². The molecule has 7 heteroatoms. The Bertz CT molecular complexity index is 548. The lowest BCUT2D eigenvalue weighted by molar-refractivity contribution is 0.421. The van der Waals surface area contributed by atoms with Crippen molar-refractivity contribution in [3.63, 3.8) is 0 Å². The summed E-state index contributed by atoms with van der Waals surface area (Å²) in [5, 5.41) is 0.541. The third-order valence-electron chi connectivity index (χ3n) is 3.61. The molecular formula is C13H21N3O2S2. The minimum Gasteiger partial charge on any atom is -0.323 e. The molecule has 0 radical (unpaired) electrons. The van der Waals surface area contributed by atoms with Crippen LogP contribution in [0, 0.1) is 0 Å². The van der Waals surface area contributed by atoms with Crippen molar-refractivity contribution in [1.82, 2.24) is 4.72 Å². The summed E-state index contributed by atoms with van der Waals surface area (Å²) in [6.45, 7) is 0. The van der Waals surface area contributed by atoms with Crippen molar-refractivity contribution in [2.45, 2.75) is 41.9 Å². The predicted octanol–water partition coefficient (Wildman–Crippen LogP) is 1.92. The van der Waals surface area contributed by atoms with E-state index in [1.165, 1.54) is 6.42 Å². The van der Waals surface area contributed by atoms with Gasteiger partial charge in [-0.05, 0) is 37.7 Å². The molecule has 1 aliphatic rings. The number of thioether (sulfide) groups is 1. The molecule has 1 saturated carbocycles. The molecule has 1 fully saturated rings. The summed E-state index contributed by atoms with van der Waals surface area (Å²) in [4.78, 5) is 0.203. The summed E-state index contributed by atoms with van der Waals surface area (Å²) >= 11 is 1.81. The number of rotatable bonds is 5. The molecule has 2 rings (SSSR count). The van der Waals surface area contributed by atoms with E-state index in [9.17, 15) is 8.42 Å². The second-order valence-corrected chi connectivity index (χ2v) is 7.80. The molecule has 0 aliphatic heterocycles. The fourth-order valence-electron chi connectivity index (χ4n) is 2.57. The standard InChI is InChI=1S/C13H21N3O2S2/c1-19-11-6-4-5-10(9-11)16-20(17,18)13-8-3-2-7-12(13)15-14/h2-3,7-8,10-11,15-16H,4-6,9,14H2,1H3. The van der Waals surface area contributed by atoms with Crippen LogP contribution in [-0.2, 0) is 10.0 Å². The smallest absolute Gasteiger partial charge is 0.242 e. The highest BCUT2D eigenvalue weighted by Gasteiger charge is 2.27. The minimum absolute atomic E-state index is 0.0111. The Labute approximate surface area is 124 Å². The number of hydrogen-bond acceptors (Lipinski definition) is 5. The van der Waals surface area contributed by atoms with Gasteiger partial charge in [-0.2, -0.15) is 11.8 Å². The lowest BCUT2D eigenvalue weighted by atomic mass is 9.96. The number of para-hydroxylation sites is 1. The van der Waals surface area contributed by atoms with Crippen molar-refractivity contribution in [1.29, 1.82) is 0 Å². The molecule has 0 heterocycles. The number of benzene rings is 1. The average molecular weight is 315 g/mol. The Balaban J connectivity index is 2.14. The zero-order valence-corrected chi connectivity index (χ0v) is 13.1. The van der Waals surface area contributed by atoms with E-state index < -0.39 is 10.0 Å². The van der Waals surface area contributed by atoms with Crippen molar-refractivity contribution >= 4 is 27.5 Å². The van der Waals surface area contributed by atoms with E-state index in [-0.39, 0.29) is 10.9 Å². The number of nitrogens with one attached hydrogen (secondary N) is 2. The molecular weight excluding hydrogens is 294 g/mol. The zero-order valence-electron chi connectivity index (χ0n) is 11.5. The summed E-state index contributed by atoms with van der Waals surface area (Å²) < 4.78 is 27.7. The molecule has 0 saturated heterocycles. The molecule has 1 aliphatic carbocycles. The van der Waals surface area contributed by atoms with Crippen LogP contribution in [0.15, 0.2) is 29.2 Å². The van der Waals surface area contributed by atoms with Gasteiger partial charge in [0.15, 0.2) is 0 Å². The number of hydrazine groups is 1. The summed E-state index contributed by atoms with van der Waals surface area (Å²) in [6, 6.07) is 6.67.